The summed E-state index contributed by atoms with van der Waals surface area (Å²) in [5, 5.41) is 0. The van der Waals surface area contributed by atoms with Gasteiger partial charge in [-0.1, -0.05) is 6.92 Å². The average molecular weight is 296 g/mol. The summed E-state index contributed by atoms with van der Waals surface area (Å²) in [5.74, 6) is 0.695. The van der Waals surface area contributed by atoms with E-state index in [4.69, 9.17) is 10.5 Å². The van der Waals surface area contributed by atoms with Gasteiger partial charge in [-0.3, -0.25) is 0 Å². The zero-order valence-corrected chi connectivity index (χ0v) is 13.5. The van der Waals surface area contributed by atoms with E-state index in [0.717, 1.165) is 17.9 Å². The topological polar surface area (TPSA) is 55.6 Å². The van der Waals surface area contributed by atoms with Crippen LogP contribution in [0.2, 0.25) is 0 Å². The number of nitrogen functional groups attached to an aromatic ring is 1. The molecule has 112 valence electrons. The highest BCUT2D eigenvalue weighted by Crippen LogP contribution is 2.26. The first kappa shape index (κ1) is 16.7. The Bertz CT molecular complexity index is 451. The van der Waals surface area contributed by atoms with Crippen LogP contribution in [0.4, 0.5) is 11.4 Å². The fourth-order valence-corrected chi connectivity index (χ4v) is 2.97. The van der Waals surface area contributed by atoms with Crippen molar-refractivity contribution in [3.8, 4) is 0 Å². The lowest BCUT2D eigenvalue weighted by atomic mass is 10.1. The Kier molecular flexibility index (Phi) is 6.71. The van der Waals surface area contributed by atoms with Gasteiger partial charge in [0, 0.05) is 24.5 Å². The van der Waals surface area contributed by atoms with Crippen molar-refractivity contribution in [1.82, 2.24) is 0 Å². The molecule has 20 heavy (non-hydrogen) atoms. The average Bonchev–Trinajstić information content (AvgIpc) is 2.44. The molecule has 0 spiro atoms. The van der Waals surface area contributed by atoms with Crippen molar-refractivity contribution in [2.75, 3.05) is 36.3 Å². The molecule has 0 saturated heterocycles. The largest absolute Gasteiger partial charge is 0.462 e. The van der Waals surface area contributed by atoms with Crippen molar-refractivity contribution in [3.05, 3.63) is 23.8 Å². The zero-order valence-electron chi connectivity index (χ0n) is 12.7. The standard InChI is InChI=1S/C15H24N2O2S/c1-5-12(10-20-4)17(3)14-8-7-11(16)9-13(14)15(18)19-6-2/h7-9,12H,5-6,10,16H2,1-4H3. The molecule has 1 aromatic rings. The number of benzene rings is 1. The Morgan fingerprint density at radius 1 is 1.45 bits per heavy atom. The minimum atomic E-state index is -0.319. The molecule has 0 aliphatic rings. The van der Waals surface area contributed by atoms with Crippen LogP contribution in [0.15, 0.2) is 18.2 Å². The fraction of sp³-hybridized carbons (Fsp3) is 0.533. The summed E-state index contributed by atoms with van der Waals surface area (Å²) >= 11 is 1.80. The van der Waals surface area contributed by atoms with Crippen LogP contribution in [-0.4, -0.2) is 37.7 Å². The maximum absolute atomic E-state index is 12.1. The molecule has 1 aromatic carbocycles. The first-order valence-electron chi connectivity index (χ1n) is 6.83. The molecule has 4 nitrogen and oxygen atoms in total. The maximum Gasteiger partial charge on any atom is 0.340 e. The fourth-order valence-electron chi connectivity index (χ4n) is 2.13. The molecule has 0 saturated carbocycles. The Morgan fingerprint density at radius 2 is 2.15 bits per heavy atom. The van der Waals surface area contributed by atoms with E-state index in [2.05, 4.69) is 18.1 Å². The number of thioether (sulfide) groups is 1. The van der Waals surface area contributed by atoms with E-state index in [1.54, 1.807) is 24.8 Å². The smallest absolute Gasteiger partial charge is 0.340 e. The highest BCUT2D eigenvalue weighted by Gasteiger charge is 2.20. The number of hydrogen-bond acceptors (Lipinski definition) is 5. The third kappa shape index (κ3) is 4.07. The third-order valence-electron chi connectivity index (χ3n) is 3.27. The molecule has 1 atom stereocenters. The third-order valence-corrected chi connectivity index (χ3v) is 3.99. The first-order chi connectivity index (χ1) is 9.54. The number of hydrogen-bond donors (Lipinski definition) is 1. The summed E-state index contributed by atoms with van der Waals surface area (Å²) in [4.78, 5) is 14.2. The van der Waals surface area contributed by atoms with E-state index >= 15 is 0 Å². The zero-order chi connectivity index (χ0) is 15.1. The second-order valence-electron chi connectivity index (χ2n) is 4.63. The van der Waals surface area contributed by atoms with Gasteiger partial charge < -0.3 is 15.4 Å². The number of nitrogens with zero attached hydrogens (tertiary/aromatic N) is 1. The SMILES string of the molecule is CCOC(=O)c1cc(N)ccc1N(C)C(CC)CSC. The van der Waals surface area contributed by atoms with Gasteiger partial charge in [-0.2, -0.15) is 11.8 Å². The number of nitrogens with two attached hydrogens (primary N) is 1. The summed E-state index contributed by atoms with van der Waals surface area (Å²) in [7, 11) is 2.01. The van der Waals surface area contributed by atoms with E-state index in [-0.39, 0.29) is 5.97 Å². The molecule has 1 unspecified atom stereocenters. The first-order valence-corrected chi connectivity index (χ1v) is 8.22. The minimum absolute atomic E-state index is 0.319. The molecular formula is C15H24N2O2S. The van der Waals surface area contributed by atoms with E-state index in [1.165, 1.54) is 0 Å². The van der Waals surface area contributed by atoms with Crippen molar-refractivity contribution in [1.29, 1.82) is 0 Å². The van der Waals surface area contributed by atoms with Crippen molar-refractivity contribution >= 4 is 29.1 Å². The lowest BCUT2D eigenvalue weighted by molar-refractivity contribution is 0.0527. The van der Waals surface area contributed by atoms with Gasteiger partial charge in [0.2, 0.25) is 0 Å². The van der Waals surface area contributed by atoms with Gasteiger partial charge >= 0.3 is 5.97 Å². The summed E-state index contributed by atoms with van der Waals surface area (Å²) < 4.78 is 5.12. The van der Waals surface area contributed by atoms with Gasteiger partial charge in [0.05, 0.1) is 17.9 Å². The van der Waals surface area contributed by atoms with Gasteiger partial charge in [0.15, 0.2) is 0 Å². The summed E-state index contributed by atoms with van der Waals surface area (Å²) in [6.45, 7) is 4.31. The Hall–Kier alpha value is -1.36. The van der Waals surface area contributed by atoms with Gasteiger partial charge in [-0.05, 0) is 37.8 Å². The molecule has 1 rings (SSSR count). The van der Waals surface area contributed by atoms with E-state index in [1.807, 2.05) is 19.2 Å². The molecule has 0 fully saturated rings. The molecule has 0 aliphatic heterocycles. The quantitative estimate of drug-likeness (QED) is 0.619. The van der Waals surface area contributed by atoms with Crippen molar-refractivity contribution in [2.45, 2.75) is 26.3 Å². The van der Waals surface area contributed by atoms with Gasteiger partial charge in [0.1, 0.15) is 0 Å². The van der Waals surface area contributed by atoms with E-state index < -0.39 is 0 Å². The van der Waals surface area contributed by atoms with Crippen LogP contribution in [0.25, 0.3) is 0 Å². The monoisotopic (exact) mass is 296 g/mol. The highest BCUT2D eigenvalue weighted by molar-refractivity contribution is 7.98. The van der Waals surface area contributed by atoms with Crippen LogP contribution < -0.4 is 10.6 Å². The normalized spacial score (nSPS) is 12.0. The van der Waals surface area contributed by atoms with Gasteiger partial charge in [0.25, 0.3) is 0 Å². The second kappa shape index (κ2) is 8.04. The lowest BCUT2D eigenvalue weighted by Crippen LogP contribution is -2.34. The number of esters is 1. The Balaban J connectivity index is 3.12. The maximum atomic E-state index is 12.1. The predicted molar refractivity (Wildman–Crippen MR) is 87.7 cm³/mol. The highest BCUT2D eigenvalue weighted by atomic mass is 32.2. The van der Waals surface area contributed by atoms with Gasteiger partial charge in [-0.25, -0.2) is 4.79 Å². The number of carbonyl (C=O) groups excluding carboxylic acids is 1. The Morgan fingerprint density at radius 3 is 2.70 bits per heavy atom. The van der Waals surface area contributed by atoms with Crippen molar-refractivity contribution in [2.24, 2.45) is 0 Å². The van der Waals surface area contributed by atoms with Crippen LogP contribution in [0.1, 0.15) is 30.6 Å². The van der Waals surface area contributed by atoms with Crippen molar-refractivity contribution < 1.29 is 9.53 Å². The second-order valence-corrected chi connectivity index (χ2v) is 5.54. The number of carbonyl (C=O) groups is 1. The van der Waals surface area contributed by atoms with Crippen molar-refractivity contribution in [3.63, 3.8) is 0 Å². The Labute approximate surface area is 125 Å². The molecule has 0 heterocycles. The number of ether oxygens (including phenoxy) is 1. The molecule has 0 amide bonds. The van der Waals surface area contributed by atoms with Gasteiger partial charge in [-0.15, -0.1) is 0 Å². The van der Waals surface area contributed by atoms with E-state index in [0.29, 0.717) is 23.9 Å². The summed E-state index contributed by atoms with van der Waals surface area (Å²) in [5.41, 5.74) is 7.78. The van der Waals surface area contributed by atoms with E-state index in [9.17, 15) is 4.79 Å². The van der Waals surface area contributed by atoms with Crippen LogP contribution in [0, 0.1) is 0 Å². The molecular weight excluding hydrogens is 272 g/mol. The summed E-state index contributed by atoms with van der Waals surface area (Å²) in [6, 6.07) is 5.78. The molecule has 0 aromatic heterocycles. The van der Waals surface area contributed by atoms with Crippen LogP contribution in [-0.2, 0) is 4.74 Å². The number of anilines is 2. The number of rotatable bonds is 7. The molecule has 2 N–H and O–H groups in total. The molecule has 0 radical (unpaired) electrons. The minimum Gasteiger partial charge on any atom is -0.462 e. The summed E-state index contributed by atoms with van der Waals surface area (Å²) in [6.07, 6.45) is 3.11. The lowest BCUT2D eigenvalue weighted by Gasteiger charge is -2.30. The van der Waals surface area contributed by atoms with Crippen LogP contribution >= 0.6 is 11.8 Å². The predicted octanol–water partition coefficient (Wildman–Crippen LogP) is 3.02. The van der Waals surface area contributed by atoms with Crippen LogP contribution in [0.5, 0.6) is 0 Å². The molecule has 5 heteroatoms. The van der Waals surface area contributed by atoms with Crippen LogP contribution in [0.3, 0.4) is 0 Å². The molecule has 0 bridgehead atoms. The molecule has 0 aliphatic carbocycles.